The predicted octanol–water partition coefficient (Wildman–Crippen LogP) is 2.37. The number of benzene rings is 1. The number of ether oxygens (including phenoxy) is 2. The minimum Gasteiger partial charge on any atom is -0.492 e. The van der Waals surface area contributed by atoms with E-state index < -0.39 is 0 Å². The molecule has 0 saturated carbocycles. The summed E-state index contributed by atoms with van der Waals surface area (Å²) in [5.74, 6) is 1.88. The van der Waals surface area contributed by atoms with Gasteiger partial charge in [0.05, 0.1) is 13.2 Å². The van der Waals surface area contributed by atoms with Crippen molar-refractivity contribution in [2.24, 2.45) is 10.4 Å². The van der Waals surface area contributed by atoms with Crippen LogP contribution in [0.1, 0.15) is 12.8 Å². The Hall–Kier alpha value is -1.02. The SMILES string of the molecule is CN=C(NCCOc1ccccc1)N1CCC2(CCOC2)C1.I. The molecule has 0 aliphatic carbocycles. The molecule has 128 valence electrons. The zero-order chi connectivity index (χ0) is 15.3. The molecule has 0 bridgehead atoms. The monoisotopic (exact) mass is 431 g/mol. The van der Waals surface area contributed by atoms with Gasteiger partial charge in [0.2, 0.25) is 0 Å². The van der Waals surface area contributed by atoms with Crippen molar-refractivity contribution in [3.63, 3.8) is 0 Å². The second-order valence-corrected chi connectivity index (χ2v) is 6.11. The maximum Gasteiger partial charge on any atom is 0.193 e. The molecule has 3 rings (SSSR count). The van der Waals surface area contributed by atoms with Gasteiger partial charge >= 0.3 is 0 Å². The van der Waals surface area contributed by atoms with Crippen LogP contribution in [-0.2, 0) is 4.74 Å². The summed E-state index contributed by atoms with van der Waals surface area (Å²) in [5, 5.41) is 3.40. The maximum atomic E-state index is 5.70. The van der Waals surface area contributed by atoms with Crippen LogP contribution in [0.25, 0.3) is 0 Å². The van der Waals surface area contributed by atoms with Crippen molar-refractivity contribution in [2.75, 3.05) is 46.5 Å². The van der Waals surface area contributed by atoms with E-state index in [1.54, 1.807) is 0 Å². The van der Waals surface area contributed by atoms with E-state index in [0.717, 1.165) is 44.6 Å². The molecule has 0 amide bonds. The van der Waals surface area contributed by atoms with Crippen molar-refractivity contribution in [3.05, 3.63) is 30.3 Å². The summed E-state index contributed by atoms with van der Waals surface area (Å²) in [7, 11) is 1.84. The van der Waals surface area contributed by atoms with Crippen molar-refractivity contribution in [2.45, 2.75) is 12.8 Å². The third kappa shape index (κ3) is 4.73. The Morgan fingerprint density at radius 3 is 2.87 bits per heavy atom. The molecule has 1 unspecified atom stereocenters. The number of nitrogens with one attached hydrogen (secondary N) is 1. The topological polar surface area (TPSA) is 46.1 Å². The normalized spacial score (nSPS) is 23.9. The summed E-state index contributed by atoms with van der Waals surface area (Å²) >= 11 is 0. The Morgan fingerprint density at radius 2 is 2.17 bits per heavy atom. The van der Waals surface area contributed by atoms with Gasteiger partial charge in [0.25, 0.3) is 0 Å². The second-order valence-electron chi connectivity index (χ2n) is 6.11. The molecule has 2 saturated heterocycles. The first-order valence-electron chi connectivity index (χ1n) is 8.03. The quantitative estimate of drug-likeness (QED) is 0.344. The van der Waals surface area contributed by atoms with Crippen LogP contribution < -0.4 is 10.1 Å². The largest absolute Gasteiger partial charge is 0.492 e. The zero-order valence-electron chi connectivity index (χ0n) is 13.7. The van der Waals surface area contributed by atoms with Gasteiger partial charge in [-0.2, -0.15) is 0 Å². The highest BCUT2D eigenvalue weighted by Gasteiger charge is 2.42. The van der Waals surface area contributed by atoms with Crippen LogP contribution in [0.15, 0.2) is 35.3 Å². The number of nitrogens with zero attached hydrogens (tertiary/aromatic N) is 2. The smallest absolute Gasteiger partial charge is 0.193 e. The third-order valence-electron chi connectivity index (χ3n) is 4.53. The minimum absolute atomic E-state index is 0. The third-order valence-corrected chi connectivity index (χ3v) is 4.53. The van der Waals surface area contributed by atoms with Crippen molar-refractivity contribution in [1.29, 1.82) is 0 Å². The Bertz CT molecular complexity index is 504. The number of para-hydroxylation sites is 1. The van der Waals surface area contributed by atoms with E-state index in [4.69, 9.17) is 9.47 Å². The van der Waals surface area contributed by atoms with Gasteiger partial charge in [-0.3, -0.25) is 4.99 Å². The fourth-order valence-corrected chi connectivity index (χ4v) is 3.27. The van der Waals surface area contributed by atoms with Gasteiger partial charge in [-0.1, -0.05) is 18.2 Å². The van der Waals surface area contributed by atoms with E-state index in [9.17, 15) is 0 Å². The van der Waals surface area contributed by atoms with Crippen LogP contribution in [0.5, 0.6) is 5.75 Å². The lowest BCUT2D eigenvalue weighted by atomic mass is 9.87. The molecule has 23 heavy (non-hydrogen) atoms. The van der Waals surface area contributed by atoms with Crippen LogP contribution in [0.3, 0.4) is 0 Å². The first-order chi connectivity index (χ1) is 10.8. The number of guanidine groups is 1. The molecule has 0 radical (unpaired) electrons. The number of likely N-dealkylation sites (tertiary alicyclic amines) is 1. The molecule has 1 atom stereocenters. The standard InChI is InChI=1S/C17H25N3O2.HI/c1-18-16(19-9-12-22-15-5-3-2-4-6-15)20-10-7-17(13-20)8-11-21-14-17;/h2-6H,7-14H2,1H3,(H,18,19);1H. The summed E-state index contributed by atoms with van der Waals surface area (Å²) in [6.07, 6.45) is 2.38. The molecular weight excluding hydrogens is 405 g/mol. The molecule has 2 fully saturated rings. The molecule has 1 N–H and O–H groups in total. The summed E-state index contributed by atoms with van der Waals surface area (Å²) < 4.78 is 11.3. The number of hydrogen-bond acceptors (Lipinski definition) is 3. The van der Waals surface area contributed by atoms with Crippen molar-refractivity contribution in [3.8, 4) is 5.75 Å². The molecule has 5 nitrogen and oxygen atoms in total. The highest BCUT2D eigenvalue weighted by molar-refractivity contribution is 14.0. The number of aliphatic imine (C=N–C) groups is 1. The molecule has 1 aromatic rings. The van der Waals surface area contributed by atoms with Gasteiger partial charge in [-0.05, 0) is 25.0 Å². The maximum absolute atomic E-state index is 5.70. The fourth-order valence-electron chi connectivity index (χ4n) is 3.27. The van der Waals surface area contributed by atoms with Crippen LogP contribution in [0.4, 0.5) is 0 Å². The highest BCUT2D eigenvalue weighted by Crippen LogP contribution is 2.38. The summed E-state index contributed by atoms with van der Waals surface area (Å²) in [5.41, 5.74) is 0.359. The summed E-state index contributed by atoms with van der Waals surface area (Å²) in [6.45, 7) is 5.30. The average molecular weight is 431 g/mol. The number of hydrogen-bond donors (Lipinski definition) is 1. The number of rotatable bonds is 4. The molecule has 0 aromatic heterocycles. The molecule has 6 heteroatoms. The van der Waals surface area contributed by atoms with Crippen molar-refractivity contribution in [1.82, 2.24) is 10.2 Å². The fraction of sp³-hybridized carbons (Fsp3) is 0.588. The Labute approximate surface area is 155 Å². The number of halogens is 1. The predicted molar refractivity (Wildman–Crippen MR) is 103 cm³/mol. The van der Waals surface area contributed by atoms with Crippen molar-refractivity contribution < 1.29 is 9.47 Å². The summed E-state index contributed by atoms with van der Waals surface area (Å²) in [6, 6.07) is 9.89. The van der Waals surface area contributed by atoms with Gasteiger partial charge in [-0.15, -0.1) is 24.0 Å². The van der Waals surface area contributed by atoms with Gasteiger partial charge in [0.15, 0.2) is 5.96 Å². The van der Waals surface area contributed by atoms with E-state index in [1.165, 1.54) is 12.8 Å². The van der Waals surface area contributed by atoms with E-state index in [0.29, 0.717) is 12.0 Å². The Morgan fingerprint density at radius 1 is 1.35 bits per heavy atom. The van der Waals surface area contributed by atoms with Crippen LogP contribution >= 0.6 is 24.0 Å². The van der Waals surface area contributed by atoms with Gasteiger partial charge < -0.3 is 19.7 Å². The molecule has 2 aliphatic rings. The first kappa shape index (κ1) is 18.3. The molecule has 2 aliphatic heterocycles. The molecule has 2 heterocycles. The Balaban J connectivity index is 0.00000192. The van der Waals surface area contributed by atoms with Crippen LogP contribution in [-0.4, -0.2) is 57.4 Å². The first-order valence-corrected chi connectivity index (χ1v) is 8.03. The zero-order valence-corrected chi connectivity index (χ0v) is 16.0. The van der Waals surface area contributed by atoms with E-state index >= 15 is 0 Å². The molecular formula is C17H26IN3O2. The Kier molecular flexibility index (Phi) is 6.95. The van der Waals surface area contributed by atoms with Gasteiger partial charge in [0.1, 0.15) is 12.4 Å². The van der Waals surface area contributed by atoms with Crippen molar-refractivity contribution >= 4 is 29.9 Å². The lowest BCUT2D eigenvalue weighted by molar-refractivity contribution is 0.156. The van der Waals surface area contributed by atoms with Crippen LogP contribution in [0.2, 0.25) is 0 Å². The second kappa shape index (κ2) is 8.73. The molecule has 1 spiro atoms. The molecule has 1 aromatic carbocycles. The summed E-state index contributed by atoms with van der Waals surface area (Å²) in [4.78, 5) is 6.75. The van der Waals surface area contributed by atoms with Gasteiger partial charge in [0, 0.05) is 32.2 Å². The van der Waals surface area contributed by atoms with E-state index in [1.807, 2.05) is 37.4 Å². The lowest BCUT2D eigenvalue weighted by Crippen LogP contribution is -2.42. The van der Waals surface area contributed by atoms with E-state index in [2.05, 4.69) is 15.2 Å². The average Bonchev–Trinajstić information content (AvgIpc) is 3.19. The van der Waals surface area contributed by atoms with E-state index in [-0.39, 0.29) is 24.0 Å². The lowest BCUT2D eigenvalue weighted by Gasteiger charge is -2.24. The van der Waals surface area contributed by atoms with Gasteiger partial charge in [-0.25, -0.2) is 0 Å². The minimum atomic E-state index is 0. The van der Waals surface area contributed by atoms with Crippen LogP contribution in [0, 0.1) is 5.41 Å². The highest BCUT2D eigenvalue weighted by atomic mass is 127.